The van der Waals surface area contributed by atoms with Crippen molar-refractivity contribution in [3.63, 3.8) is 0 Å². The molecule has 1 aromatic carbocycles. The topological polar surface area (TPSA) is 82.2 Å². The SMILES string of the molecule is COCOCCOc1cc(C(=O)N[C@@H]2CCCN(C(C)C)C2)nc2c(OC3CCCCCC3)cccc12. The molecule has 1 saturated heterocycles. The summed E-state index contributed by atoms with van der Waals surface area (Å²) in [4.78, 5) is 20.6. The Labute approximate surface area is 221 Å². The molecule has 1 amide bonds. The number of nitrogens with zero attached hydrogens (tertiary/aromatic N) is 2. The third-order valence-electron chi connectivity index (χ3n) is 7.30. The normalized spacial score (nSPS) is 19.6. The van der Waals surface area contributed by atoms with E-state index in [9.17, 15) is 4.79 Å². The maximum absolute atomic E-state index is 13.4. The first-order chi connectivity index (χ1) is 18.0. The van der Waals surface area contributed by atoms with Crippen molar-refractivity contribution in [2.45, 2.75) is 83.4 Å². The molecular weight excluding hydrogens is 470 g/mol. The molecule has 204 valence electrons. The number of piperidine rings is 1. The molecule has 0 radical (unpaired) electrons. The average molecular weight is 514 g/mol. The number of ether oxygens (including phenoxy) is 4. The average Bonchev–Trinajstić information content (AvgIpc) is 3.17. The first-order valence-electron chi connectivity index (χ1n) is 13.9. The number of fused-ring (bicyclic) bond motifs is 1. The quantitative estimate of drug-likeness (QED) is 0.259. The van der Waals surface area contributed by atoms with E-state index in [1.807, 2.05) is 18.2 Å². The minimum atomic E-state index is -0.178. The maximum atomic E-state index is 13.4. The standard InChI is InChI=1S/C29H43N3O5/c1-21(2)32-15-9-10-22(19-32)30-29(33)25-18-27(36-17-16-35-20-34-3)24-13-8-14-26(28(24)31-25)37-23-11-6-4-5-7-12-23/h8,13-14,18,21-23H,4-7,9-12,15-17,19-20H2,1-3H3,(H,30,33)/t22-/m1/s1. The van der Waals surface area contributed by atoms with Crippen molar-refractivity contribution < 1.29 is 23.7 Å². The molecule has 1 aliphatic carbocycles. The first kappa shape index (κ1) is 27.6. The van der Waals surface area contributed by atoms with Gasteiger partial charge in [-0.3, -0.25) is 9.69 Å². The van der Waals surface area contributed by atoms with Gasteiger partial charge in [0.15, 0.2) is 0 Å². The van der Waals surface area contributed by atoms with E-state index in [4.69, 9.17) is 23.9 Å². The van der Waals surface area contributed by atoms with E-state index in [1.54, 1.807) is 13.2 Å². The number of rotatable bonds is 11. The fourth-order valence-corrected chi connectivity index (χ4v) is 5.27. The third kappa shape index (κ3) is 7.79. The highest BCUT2D eigenvalue weighted by Gasteiger charge is 2.25. The van der Waals surface area contributed by atoms with Crippen LogP contribution >= 0.6 is 0 Å². The van der Waals surface area contributed by atoms with Crippen LogP contribution in [0.5, 0.6) is 11.5 Å². The lowest BCUT2D eigenvalue weighted by molar-refractivity contribution is -0.0386. The largest absolute Gasteiger partial charge is 0.490 e. The number of likely N-dealkylation sites (tertiary alicyclic amines) is 1. The van der Waals surface area contributed by atoms with Crippen molar-refractivity contribution >= 4 is 16.8 Å². The number of amides is 1. The maximum Gasteiger partial charge on any atom is 0.270 e. The smallest absolute Gasteiger partial charge is 0.270 e. The predicted molar refractivity (Wildman–Crippen MR) is 144 cm³/mol. The molecule has 1 atom stereocenters. The number of aromatic nitrogens is 1. The van der Waals surface area contributed by atoms with Crippen LogP contribution in [0.2, 0.25) is 0 Å². The van der Waals surface area contributed by atoms with Gasteiger partial charge in [0.25, 0.3) is 5.91 Å². The Morgan fingerprint density at radius 1 is 1.08 bits per heavy atom. The Morgan fingerprint density at radius 3 is 2.65 bits per heavy atom. The number of para-hydroxylation sites is 1. The summed E-state index contributed by atoms with van der Waals surface area (Å²) < 4.78 is 22.9. The van der Waals surface area contributed by atoms with Crippen molar-refractivity contribution in [2.75, 3.05) is 40.2 Å². The van der Waals surface area contributed by atoms with Gasteiger partial charge in [-0.15, -0.1) is 0 Å². The molecule has 2 fully saturated rings. The molecule has 8 nitrogen and oxygen atoms in total. The number of benzene rings is 1. The summed E-state index contributed by atoms with van der Waals surface area (Å²) in [6, 6.07) is 8.19. The number of hydrogen-bond donors (Lipinski definition) is 1. The Kier molecular flexibility index (Phi) is 10.4. The fraction of sp³-hybridized carbons (Fsp3) is 0.655. The summed E-state index contributed by atoms with van der Waals surface area (Å²) >= 11 is 0. The second kappa shape index (κ2) is 13.9. The Hall–Kier alpha value is -2.42. The first-order valence-corrected chi connectivity index (χ1v) is 13.9. The van der Waals surface area contributed by atoms with E-state index in [-0.39, 0.29) is 24.8 Å². The van der Waals surface area contributed by atoms with Crippen LogP contribution in [0.15, 0.2) is 24.3 Å². The van der Waals surface area contributed by atoms with Crippen LogP contribution in [-0.4, -0.2) is 74.2 Å². The Balaban J connectivity index is 1.58. The third-order valence-corrected chi connectivity index (χ3v) is 7.30. The summed E-state index contributed by atoms with van der Waals surface area (Å²) in [5.41, 5.74) is 1.01. The van der Waals surface area contributed by atoms with Gasteiger partial charge in [-0.1, -0.05) is 18.9 Å². The summed E-state index contributed by atoms with van der Waals surface area (Å²) in [6.07, 6.45) is 9.19. The highest BCUT2D eigenvalue weighted by molar-refractivity contribution is 5.98. The van der Waals surface area contributed by atoms with Crippen LogP contribution in [0.25, 0.3) is 10.9 Å². The van der Waals surface area contributed by atoms with E-state index in [0.29, 0.717) is 42.0 Å². The number of hydrogen-bond acceptors (Lipinski definition) is 7. The van der Waals surface area contributed by atoms with Crippen LogP contribution in [0, 0.1) is 0 Å². The summed E-state index contributed by atoms with van der Waals surface area (Å²) in [7, 11) is 1.59. The summed E-state index contributed by atoms with van der Waals surface area (Å²) in [5, 5.41) is 4.06. The van der Waals surface area contributed by atoms with Gasteiger partial charge in [0, 0.05) is 37.2 Å². The van der Waals surface area contributed by atoms with Gasteiger partial charge in [-0.2, -0.15) is 0 Å². The van der Waals surface area contributed by atoms with Crippen LogP contribution in [0.4, 0.5) is 0 Å². The molecule has 0 spiro atoms. The second-order valence-electron chi connectivity index (χ2n) is 10.5. The molecule has 37 heavy (non-hydrogen) atoms. The molecule has 2 aromatic rings. The molecule has 4 rings (SSSR count). The number of methoxy groups -OCH3 is 1. The van der Waals surface area contributed by atoms with Crippen molar-refractivity contribution in [1.29, 1.82) is 0 Å². The lowest BCUT2D eigenvalue weighted by atomic mass is 10.0. The van der Waals surface area contributed by atoms with Crippen molar-refractivity contribution in [3.8, 4) is 11.5 Å². The molecule has 0 unspecified atom stereocenters. The molecular formula is C29H43N3O5. The lowest BCUT2D eigenvalue weighted by Crippen LogP contribution is -2.49. The van der Waals surface area contributed by atoms with Gasteiger partial charge in [-0.05, 0) is 71.0 Å². The monoisotopic (exact) mass is 513 g/mol. The van der Waals surface area contributed by atoms with Crippen LogP contribution in [0.1, 0.15) is 75.7 Å². The Morgan fingerprint density at radius 2 is 1.89 bits per heavy atom. The molecule has 8 heteroatoms. The molecule has 1 saturated carbocycles. The minimum absolute atomic E-state index is 0.102. The highest BCUT2D eigenvalue weighted by atomic mass is 16.7. The molecule has 1 N–H and O–H groups in total. The van der Waals surface area contributed by atoms with Crippen molar-refractivity contribution in [1.82, 2.24) is 15.2 Å². The Bertz CT molecular complexity index is 1010. The number of carbonyl (C=O) groups is 1. The molecule has 2 heterocycles. The number of carbonyl (C=O) groups excluding carboxylic acids is 1. The molecule has 2 aliphatic rings. The van der Waals surface area contributed by atoms with Crippen LogP contribution < -0.4 is 14.8 Å². The van der Waals surface area contributed by atoms with E-state index in [2.05, 4.69) is 24.1 Å². The second-order valence-corrected chi connectivity index (χ2v) is 10.5. The van der Waals surface area contributed by atoms with E-state index in [1.165, 1.54) is 25.7 Å². The van der Waals surface area contributed by atoms with Gasteiger partial charge in [-0.25, -0.2) is 4.98 Å². The van der Waals surface area contributed by atoms with Gasteiger partial charge < -0.3 is 24.3 Å². The number of pyridine rings is 1. The molecule has 1 aromatic heterocycles. The zero-order valence-corrected chi connectivity index (χ0v) is 22.7. The van der Waals surface area contributed by atoms with Crippen LogP contribution in [-0.2, 0) is 9.47 Å². The van der Waals surface area contributed by atoms with Crippen molar-refractivity contribution in [2.24, 2.45) is 0 Å². The van der Waals surface area contributed by atoms with E-state index < -0.39 is 0 Å². The summed E-state index contributed by atoms with van der Waals surface area (Å²) in [5.74, 6) is 1.14. The molecule has 1 aliphatic heterocycles. The van der Waals surface area contributed by atoms with Gasteiger partial charge in [0.2, 0.25) is 0 Å². The van der Waals surface area contributed by atoms with Crippen LogP contribution in [0.3, 0.4) is 0 Å². The summed E-state index contributed by atoms with van der Waals surface area (Å²) in [6.45, 7) is 7.25. The van der Waals surface area contributed by atoms with Gasteiger partial charge >= 0.3 is 0 Å². The van der Waals surface area contributed by atoms with Crippen molar-refractivity contribution in [3.05, 3.63) is 30.0 Å². The van der Waals surface area contributed by atoms with Gasteiger partial charge in [0.05, 0.1) is 12.7 Å². The lowest BCUT2D eigenvalue weighted by Gasteiger charge is -2.35. The predicted octanol–water partition coefficient (Wildman–Crippen LogP) is 4.94. The fourth-order valence-electron chi connectivity index (χ4n) is 5.27. The minimum Gasteiger partial charge on any atom is -0.490 e. The van der Waals surface area contributed by atoms with E-state index >= 15 is 0 Å². The zero-order chi connectivity index (χ0) is 26.0. The molecule has 0 bridgehead atoms. The highest BCUT2D eigenvalue weighted by Crippen LogP contribution is 2.34. The zero-order valence-electron chi connectivity index (χ0n) is 22.7. The van der Waals surface area contributed by atoms with E-state index in [0.717, 1.165) is 44.2 Å². The number of nitrogens with one attached hydrogen (secondary N) is 1. The van der Waals surface area contributed by atoms with Gasteiger partial charge in [0.1, 0.15) is 36.1 Å².